The van der Waals surface area contributed by atoms with Gasteiger partial charge in [-0.3, -0.25) is 14.7 Å². The highest BCUT2D eigenvalue weighted by molar-refractivity contribution is 5.79. The van der Waals surface area contributed by atoms with Crippen LogP contribution in [0.3, 0.4) is 0 Å². The third kappa shape index (κ3) is 2.33. The van der Waals surface area contributed by atoms with Gasteiger partial charge in [0.05, 0.1) is 18.6 Å². The molecule has 25 heavy (non-hydrogen) atoms. The molecular formula is C18H22N4O3. The molecule has 3 fully saturated rings. The highest BCUT2D eigenvalue weighted by atomic mass is 16.5. The van der Waals surface area contributed by atoms with Crippen LogP contribution in [0, 0.1) is 31.6 Å². The SMILES string of the molecule is Cc1nc2cc(=O)[nH]n2c(C)c1CC(=O)NC[C@@H]1C[C@@H]2O[C@H]1[C@H]1C[C@H]12. The van der Waals surface area contributed by atoms with Crippen LogP contribution in [0.1, 0.15) is 29.8 Å². The second kappa shape index (κ2) is 5.17. The van der Waals surface area contributed by atoms with Crippen molar-refractivity contribution in [3.8, 4) is 0 Å². The van der Waals surface area contributed by atoms with E-state index in [0.717, 1.165) is 35.2 Å². The Hall–Kier alpha value is -2.15. The van der Waals surface area contributed by atoms with Crippen molar-refractivity contribution in [1.82, 2.24) is 19.9 Å². The van der Waals surface area contributed by atoms with E-state index in [9.17, 15) is 9.59 Å². The van der Waals surface area contributed by atoms with Crippen LogP contribution in [0.15, 0.2) is 10.9 Å². The summed E-state index contributed by atoms with van der Waals surface area (Å²) in [5, 5.41) is 5.80. The molecule has 2 aliphatic heterocycles. The van der Waals surface area contributed by atoms with E-state index in [-0.39, 0.29) is 17.9 Å². The Balaban J connectivity index is 1.28. The summed E-state index contributed by atoms with van der Waals surface area (Å²) in [6.07, 6.45) is 3.48. The number of amides is 1. The zero-order chi connectivity index (χ0) is 17.3. The molecule has 1 amide bonds. The first kappa shape index (κ1) is 15.1. The molecule has 2 aromatic heterocycles. The van der Waals surface area contributed by atoms with Crippen LogP contribution >= 0.6 is 0 Å². The summed E-state index contributed by atoms with van der Waals surface area (Å²) in [7, 11) is 0. The van der Waals surface area contributed by atoms with Crippen LogP contribution in [0.2, 0.25) is 0 Å². The maximum absolute atomic E-state index is 12.5. The largest absolute Gasteiger partial charge is 0.374 e. The number of carbonyl (C=O) groups excluding carboxylic acids is 1. The molecule has 0 aromatic carbocycles. The molecule has 132 valence electrons. The molecule has 2 aromatic rings. The zero-order valence-electron chi connectivity index (χ0n) is 14.4. The standard InChI is InChI=1S/C18H22N4O3/c1-8-11(9(2)22-15(20-8)6-17(24)21-22)5-16(23)19-7-10-3-14-12-4-13(12)18(10)25-14/h6,10,12-14,18H,3-5,7H2,1-2H3,(H,19,23)(H,21,24)/t10-,12+,13-,14-,18+/m0/s1. The zero-order valence-corrected chi connectivity index (χ0v) is 14.4. The fourth-order valence-corrected chi connectivity index (χ4v) is 4.85. The van der Waals surface area contributed by atoms with Crippen molar-refractivity contribution in [1.29, 1.82) is 0 Å². The van der Waals surface area contributed by atoms with Gasteiger partial charge in [-0.1, -0.05) is 0 Å². The van der Waals surface area contributed by atoms with Gasteiger partial charge in [-0.2, -0.15) is 0 Å². The highest BCUT2D eigenvalue weighted by Crippen LogP contribution is 2.60. The Morgan fingerprint density at radius 2 is 2.24 bits per heavy atom. The van der Waals surface area contributed by atoms with Crippen molar-refractivity contribution in [2.45, 2.75) is 45.3 Å². The van der Waals surface area contributed by atoms with E-state index in [1.807, 2.05) is 13.8 Å². The van der Waals surface area contributed by atoms with Crippen LogP contribution in [0.25, 0.3) is 5.65 Å². The average molecular weight is 342 g/mol. The van der Waals surface area contributed by atoms with Crippen molar-refractivity contribution in [2.75, 3.05) is 6.54 Å². The maximum atomic E-state index is 12.5. The molecule has 3 aliphatic rings. The molecule has 4 heterocycles. The molecule has 2 bridgehead atoms. The van der Waals surface area contributed by atoms with E-state index in [0.29, 0.717) is 30.3 Å². The van der Waals surface area contributed by atoms with Crippen LogP contribution in [-0.4, -0.2) is 39.3 Å². The molecule has 1 saturated carbocycles. The van der Waals surface area contributed by atoms with Gasteiger partial charge in [0, 0.05) is 35.5 Å². The van der Waals surface area contributed by atoms with Gasteiger partial charge in [0.15, 0.2) is 5.65 Å². The molecule has 5 rings (SSSR count). The molecule has 5 atom stereocenters. The summed E-state index contributed by atoms with van der Waals surface area (Å²) in [6, 6.07) is 1.46. The fraction of sp³-hybridized carbons (Fsp3) is 0.611. The van der Waals surface area contributed by atoms with Gasteiger partial charge >= 0.3 is 0 Å². The Bertz CT molecular complexity index is 930. The van der Waals surface area contributed by atoms with E-state index in [1.165, 1.54) is 12.5 Å². The van der Waals surface area contributed by atoms with Gasteiger partial charge in [-0.25, -0.2) is 9.50 Å². The predicted octanol–water partition coefficient (Wildman–Crippen LogP) is 0.722. The Labute approximate surface area is 144 Å². The normalized spacial score (nSPS) is 32.2. The fourth-order valence-electron chi connectivity index (χ4n) is 4.85. The lowest BCUT2D eigenvalue weighted by molar-refractivity contribution is -0.120. The quantitative estimate of drug-likeness (QED) is 0.857. The van der Waals surface area contributed by atoms with E-state index in [2.05, 4.69) is 15.4 Å². The number of aryl methyl sites for hydroxylation is 2. The Kier molecular flexibility index (Phi) is 3.13. The molecule has 0 unspecified atom stereocenters. The lowest BCUT2D eigenvalue weighted by Gasteiger charge is -2.19. The van der Waals surface area contributed by atoms with Crippen LogP contribution in [-0.2, 0) is 16.0 Å². The molecular weight excluding hydrogens is 320 g/mol. The highest BCUT2D eigenvalue weighted by Gasteiger charge is 2.62. The van der Waals surface area contributed by atoms with Crippen molar-refractivity contribution in [3.63, 3.8) is 0 Å². The maximum Gasteiger partial charge on any atom is 0.266 e. The van der Waals surface area contributed by atoms with Crippen LogP contribution < -0.4 is 10.9 Å². The van der Waals surface area contributed by atoms with Gasteiger partial charge in [0.25, 0.3) is 5.56 Å². The van der Waals surface area contributed by atoms with Gasteiger partial charge in [-0.15, -0.1) is 0 Å². The summed E-state index contributed by atoms with van der Waals surface area (Å²) in [6.45, 7) is 4.47. The van der Waals surface area contributed by atoms with Gasteiger partial charge in [-0.05, 0) is 38.5 Å². The third-order valence-corrected chi connectivity index (χ3v) is 6.22. The Morgan fingerprint density at radius 3 is 3.00 bits per heavy atom. The number of hydrogen-bond acceptors (Lipinski definition) is 4. The number of H-pyrrole nitrogens is 1. The van der Waals surface area contributed by atoms with Crippen LogP contribution in [0.5, 0.6) is 0 Å². The molecule has 2 N–H and O–H groups in total. The number of aromatic amines is 1. The number of carbonyl (C=O) groups is 1. The van der Waals surface area contributed by atoms with E-state index in [1.54, 1.807) is 4.52 Å². The summed E-state index contributed by atoms with van der Waals surface area (Å²) >= 11 is 0. The summed E-state index contributed by atoms with van der Waals surface area (Å²) in [5.74, 6) is 2.02. The van der Waals surface area contributed by atoms with Gasteiger partial charge in [0.1, 0.15) is 0 Å². The minimum absolute atomic E-state index is 0.00280. The number of ether oxygens (including phenoxy) is 1. The molecule has 7 nitrogen and oxygen atoms in total. The lowest BCUT2D eigenvalue weighted by atomic mass is 9.89. The van der Waals surface area contributed by atoms with Gasteiger partial charge in [0.2, 0.25) is 5.91 Å². The van der Waals surface area contributed by atoms with Crippen molar-refractivity contribution < 1.29 is 9.53 Å². The number of aromatic nitrogens is 3. The molecule has 0 spiro atoms. The number of nitrogens with zero attached hydrogens (tertiary/aromatic N) is 2. The summed E-state index contributed by atoms with van der Waals surface area (Å²) < 4.78 is 7.64. The first-order valence-electron chi connectivity index (χ1n) is 9.01. The minimum atomic E-state index is -0.189. The first-order valence-corrected chi connectivity index (χ1v) is 9.01. The third-order valence-electron chi connectivity index (χ3n) is 6.22. The van der Waals surface area contributed by atoms with E-state index in [4.69, 9.17) is 4.74 Å². The number of hydrogen-bond donors (Lipinski definition) is 2. The topological polar surface area (TPSA) is 88.5 Å². The molecule has 1 aliphatic carbocycles. The average Bonchev–Trinajstić information content (AvgIpc) is 2.98. The smallest absolute Gasteiger partial charge is 0.266 e. The Morgan fingerprint density at radius 1 is 1.40 bits per heavy atom. The van der Waals surface area contributed by atoms with E-state index < -0.39 is 0 Å². The van der Waals surface area contributed by atoms with Crippen molar-refractivity contribution in [2.24, 2.45) is 17.8 Å². The van der Waals surface area contributed by atoms with Crippen molar-refractivity contribution in [3.05, 3.63) is 33.4 Å². The molecule has 7 heteroatoms. The van der Waals surface area contributed by atoms with Crippen molar-refractivity contribution >= 4 is 11.6 Å². The second-order valence-corrected chi connectivity index (χ2v) is 7.75. The minimum Gasteiger partial charge on any atom is -0.374 e. The lowest BCUT2D eigenvalue weighted by Crippen LogP contribution is -2.35. The van der Waals surface area contributed by atoms with Crippen LogP contribution in [0.4, 0.5) is 0 Å². The van der Waals surface area contributed by atoms with E-state index >= 15 is 0 Å². The summed E-state index contributed by atoms with van der Waals surface area (Å²) in [5.41, 5.74) is 2.90. The molecule has 2 saturated heterocycles. The predicted molar refractivity (Wildman–Crippen MR) is 90.4 cm³/mol. The van der Waals surface area contributed by atoms with Gasteiger partial charge < -0.3 is 10.1 Å². The molecule has 0 radical (unpaired) electrons. The number of rotatable bonds is 4. The number of fused-ring (bicyclic) bond motifs is 6. The second-order valence-electron chi connectivity index (χ2n) is 7.75. The monoisotopic (exact) mass is 342 g/mol. The number of nitrogens with one attached hydrogen (secondary N) is 2. The summed E-state index contributed by atoms with van der Waals surface area (Å²) in [4.78, 5) is 28.4. The first-order chi connectivity index (χ1) is 12.0.